The van der Waals surface area contributed by atoms with Gasteiger partial charge in [-0.15, -0.1) is 0 Å². The molecule has 27 heavy (non-hydrogen) atoms. The first-order valence-electron chi connectivity index (χ1n) is 8.16. The molecule has 8 heteroatoms. The Hall–Kier alpha value is -2.80. The zero-order valence-corrected chi connectivity index (χ0v) is 14.8. The maximum absolute atomic E-state index is 12.9. The highest BCUT2D eigenvalue weighted by atomic mass is 35.5. The first-order valence-corrected chi connectivity index (χ1v) is 8.54. The van der Waals surface area contributed by atoms with Gasteiger partial charge >= 0.3 is 6.18 Å². The van der Waals surface area contributed by atoms with Crippen LogP contribution in [-0.4, -0.2) is 16.5 Å². The van der Waals surface area contributed by atoms with Crippen LogP contribution in [-0.2, 0) is 12.6 Å². The number of aromatic nitrogens is 2. The molecule has 0 aliphatic carbocycles. The van der Waals surface area contributed by atoms with Crippen LogP contribution in [0.15, 0.2) is 60.8 Å². The van der Waals surface area contributed by atoms with Crippen molar-refractivity contribution in [1.82, 2.24) is 9.97 Å². The third-order valence-corrected chi connectivity index (χ3v) is 4.08. The summed E-state index contributed by atoms with van der Waals surface area (Å²) >= 11 is 6.00. The molecule has 0 spiro atoms. The van der Waals surface area contributed by atoms with Crippen molar-refractivity contribution in [2.24, 2.45) is 0 Å². The van der Waals surface area contributed by atoms with Gasteiger partial charge in [-0.05, 0) is 36.2 Å². The molecule has 140 valence electrons. The number of anilines is 3. The van der Waals surface area contributed by atoms with Gasteiger partial charge in [0.15, 0.2) is 0 Å². The molecule has 0 amide bonds. The van der Waals surface area contributed by atoms with E-state index in [-0.39, 0.29) is 10.7 Å². The molecular weight excluding hydrogens is 377 g/mol. The molecule has 0 aliphatic heterocycles. The Bertz CT molecular complexity index is 901. The predicted molar refractivity (Wildman–Crippen MR) is 100 cm³/mol. The highest BCUT2D eigenvalue weighted by molar-refractivity contribution is 6.33. The normalized spacial score (nSPS) is 11.3. The van der Waals surface area contributed by atoms with E-state index in [1.54, 1.807) is 6.07 Å². The molecule has 4 nitrogen and oxygen atoms in total. The first-order chi connectivity index (χ1) is 12.9. The number of halogens is 4. The Labute approximate surface area is 159 Å². The molecule has 1 aromatic heterocycles. The van der Waals surface area contributed by atoms with Gasteiger partial charge in [-0.3, -0.25) is 0 Å². The molecule has 0 saturated carbocycles. The van der Waals surface area contributed by atoms with E-state index in [9.17, 15) is 13.2 Å². The summed E-state index contributed by atoms with van der Waals surface area (Å²) in [6.07, 6.45) is -2.14. The van der Waals surface area contributed by atoms with Crippen LogP contribution in [0, 0.1) is 0 Å². The van der Waals surface area contributed by atoms with Crippen LogP contribution in [0.3, 0.4) is 0 Å². The Morgan fingerprint density at radius 1 is 1.00 bits per heavy atom. The van der Waals surface area contributed by atoms with Crippen LogP contribution in [0.2, 0.25) is 5.02 Å². The van der Waals surface area contributed by atoms with Gasteiger partial charge in [-0.2, -0.15) is 18.2 Å². The van der Waals surface area contributed by atoms with Gasteiger partial charge in [0.25, 0.3) is 0 Å². The van der Waals surface area contributed by atoms with Gasteiger partial charge in [0.05, 0.1) is 16.3 Å². The summed E-state index contributed by atoms with van der Waals surface area (Å²) in [6, 6.07) is 14.6. The summed E-state index contributed by atoms with van der Waals surface area (Å²) in [5.41, 5.74) is 0.514. The van der Waals surface area contributed by atoms with Crippen molar-refractivity contribution in [2.45, 2.75) is 12.6 Å². The highest BCUT2D eigenvalue weighted by Crippen LogP contribution is 2.34. The van der Waals surface area contributed by atoms with Crippen molar-refractivity contribution in [3.05, 3.63) is 76.9 Å². The van der Waals surface area contributed by atoms with Gasteiger partial charge in [0, 0.05) is 12.7 Å². The van der Waals surface area contributed by atoms with E-state index >= 15 is 0 Å². The molecule has 0 saturated heterocycles. The minimum Gasteiger partial charge on any atom is -0.354 e. The average Bonchev–Trinajstić information content (AvgIpc) is 2.64. The second-order valence-electron chi connectivity index (χ2n) is 5.75. The lowest BCUT2D eigenvalue weighted by Gasteiger charge is -2.12. The van der Waals surface area contributed by atoms with E-state index in [0.29, 0.717) is 18.3 Å². The molecule has 0 atom stereocenters. The van der Waals surface area contributed by atoms with Crippen molar-refractivity contribution in [3.8, 4) is 0 Å². The Balaban J connectivity index is 1.67. The number of hydrogen-bond acceptors (Lipinski definition) is 4. The fourth-order valence-electron chi connectivity index (χ4n) is 2.41. The Morgan fingerprint density at radius 2 is 1.78 bits per heavy atom. The van der Waals surface area contributed by atoms with Gasteiger partial charge in [-0.25, -0.2) is 4.98 Å². The third kappa shape index (κ3) is 5.34. The molecule has 0 unspecified atom stereocenters. The summed E-state index contributed by atoms with van der Waals surface area (Å²) < 4.78 is 38.6. The largest absolute Gasteiger partial charge is 0.416 e. The van der Waals surface area contributed by atoms with E-state index in [0.717, 1.165) is 18.6 Å². The van der Waals surface area contributed by atoms with Crippen LogP contribution in [0.1, 0.15) is 11.1 Å². The molecule has 1 heterocycles. The minimum atomic E-state index is -4.45. The quantitative estimate of drug-likeness (QED) is 0.577. The van der Waals surface area contributed by atoms with E-state index in [2.05, 4.69) is 20.6 Å². The predicted octanol–water partition coefficient (Wildman–Crippen LogP) is 5.55. The summed E-state index contributed by atoms with van der Waals surface area (Å²) in [7, 11) is 0. The van der Waals surface area contributed by atoms with Gasteiger partial charge in [0.1, 0.15) is 5.82 Å². The second-order valence-corrected chi connectivity index (χ2v) is 6.15. The summed E-state index contributed by atoms with van der Waals surface area (Å²) in [5, 5.41) is 6.07. The fourth-order valence-corrected chi connectivity index (χ4v) is 2.58. The van der Waals surface area contributed by atoms with Crippen molar-refractivity contribution in [3.63, 3.8) is 0 Å². The molecule has 0 radical (unpaired) electrons. The Kier molecular flexibility index (Phi) is 5.81. The number of nitrogens with zero attached hydrogens (tertiary/aromatic N) is 2. The maximum atomic E-state index is 12.9. The molecule has 0 fully saturated rings. The zero-order chi connectivity index (χ0) is 19.3. The van der Waals surface area contributed by atoms with Gasteiger partial charge in [-0.1, -0.05) is 41.9 Å². The molecule has 3 aromatic rings. The van der Waals surface area contributed by atoms with Crippen molar-refractivity contribution >= 4 is 29.1 Å². The van der Waals surface area contributed by atoms with Gasteiger partial charge < -0.3 is 10.6 Å². The van der Waals surface area contributed by atoms with Crippen LogP contribution in [0.5, 0.6) is 0 Å². The number of alkyl halides is 3. The fraction of sp³-hybridized carbons (Fsp3) is 0.158. The number of nitrogens with one attached hydrogen (secondary N) is 2. The molecule has 0 aliphatic rings. The van der Waals surface area contributed by atoms with Gasteiger partial charge in [0.2, 0.25) is 5.95 Å². The molecule has 2 aromatic carbocycles. The van der Waals surface area contributed by atoms with E-state index in [1.165, 1.54) is 17.8 Å². The lowest BCUT2D eigenvalue weighted by Crippen LogP contribution is -2.09. The molecule has 0 bridgehead atoms. The first kappa shape index (κ1) is 19.0. The maximum Gasteiger partial charge on any atom is 0.416 e. The third-order valence-electron chi connectivity index (χ3n) is 3.75. The minimum absolute atomic E-state index is 0.125. The van der Waals surface area contributed by atoms with E-state index < -0.39 is 11.7 Å². The highest BCUT2D eigenvalue weighted by Gasteiger charge is 2.31. The summed E-state index contributed by atoms with van der Waals surface area (Å²) in [6.45, 7) is 0.623. The van der Waals surface area contributed by atoms with Crippen molar-refractivity contribution in [2.75, 3.05) is 17.2 Å². The van der Waals surface area contributed by atoms with Crippen molar-refractivity contribution < 1.29 is 13.2 Å². The van der Waals surface area contributed by atoms with E-state index in [1.807, 2.05) is 30.3 Å². The topological polar surface area (TPSA) is 49.8 Å². The lowest BCUT2D eigenvalue weighted by atomic mass is 10.1. The molecule has 3 rings (SSSR count). The molecule has 2 N–H and O–H groups in total. The smallest absolute Gasteiger partial charge is 0.354 e. The standard InChI is InChI=1S/C19H16ClF3N4/c20-15-7-6-14(19(21,22)23)12-16(15)26-17-9-11-25-18(27-17)24-10-8-13-4-2-1-3-5-13/h1-7,9,11-12H,8,10H2,(H2,24,25,26,27). The number of rotatable bonds is 6. The van der Waals surface area contributed by atoms with Crippen LogP contribution < -0.4 is 10.6 Å². The van der Waals surface area contributed by atoms with Crippen molar-refractivity contribution in [1.29, 1.82) is 0 Å². The SMILES string of the molecule is FC(F)(F)c1ccc(Cl)c(Nc2ccnc(NCCc3ccccc3)n2)c1. The monoisotopic (exact) mass is 392 g/mol. The molecular formula is C19H16ClF3N4. The van der Waals surface area contributed by atoms with Crippen LogP contribution >= 0.6 is 11.6 Å². The van der Waals surface area contributed by atoms with Crippen LogP contribution in [0.25, 0.3) is 0 Å². The van der Waals surface area contributed by atoms with E-state index in [4.69, 9.17) is 11.6 Å². The number of benzene rings is 2. The van der Waals surface area contributed by atoms with Crippen LogP contribution in [0.4, 0.5) is 30.6 Å². The summed E-state index contributed by atoms with van der Waals surface area (Å²) in [5.74, 6) is 0.715. The second kappa shape index (κ2) is 8.26. The average molecular weight is 393 g/mol. The summed E-state index contributed by atoms with van der Waals surface area (Å²) in [4.78, 5) is 8.38. The Morgan fingerprint density at radius 3 is 2.52 bits per heavy atom. The zero-order valence-electron chi connectivity index (χ0n) is 14.1. The lowest BCUT2D eigenvalue weighted by molar-refractivity contribution is -0.137. The number of hydrogen-bond donors (Lipinski definition) is 2.